The summed E-state index contributed by atoms with van der Waals surface area (Å²) >= 11 is 0. The van der Waals surface area contributed by atoms with Gasteiger partial charge in [-0.05, 0) is 23.8 Å². The maximum Gasteiger partial charge on any atom is 0.128 e. The van der Waals surface area contributed by atoms with Crippen LogP contribution in [-0.2, 0) is 0 Å². The van der Waals surface area contributed by atoms with Crippen LogP contribution in [0.4, 0.5) is 0 Å². The third-order valence-electron chi connectivity index (χ3n) is 3.85. The fourth-order valence-electron chi connectivity index (χ4n) is 2.63. The Kier molecular flexibility index (Phi) is 3.71. The molecular weight excluding hydrogens is 266 g/mol. The van der Waals surface area contributed by atoms with Crippen LogP contribution in [0.5, 0.6) is 17.2 Å². The Labute approximate surface area is 124 Å². The number of nitrogens with two attached hydrogens (primary N) is 1. The van der Waals surface area contributed by atoms with Crippen molar-refractivity contribution in [3.8, 4) is 17.2 Å². The van der Waals surface area contributed by atoms with E-state index in [1.54, 1.807) is 14.2 Å². The molecule has 1 aliphatic heterocycles. The number of benzene rings is 2. The van der Waals surface area contributed by atoms with Gasteiger partial charge in [-0.3, -0.25) is 0 Å². The third-order valence-corrected chi connectivity index (χ3v) is 3.85. The van der Waals surface area contributed by atoms with E-state index in [0.29, 0.717) is 0 Å². The first-order chi connectivity index (χ1) is 10.2. The highest BCUT2D eigenvalue weighted by atomic mass is 16.5. The Morgan fingerprint density at radius 2 is 1.67 bits per heavy atom. The fraction of sp³-hybridized carbons (Fsp3) is 0.294. The van der Waals surface area contributed by atoms with E-state index in [9.17, 15) is 0 Å². The minimum atomic E-state index is -0.0505. The number of fused-ring (bicyclic) bond motifs is 1. The van der Waals surface area contributed by atoms with Gasteiger partial charge in [-0.1, -0.05) is 18.2 Å². The van der Waals surface area contributed by atoms with Gasteiger partial charge in [0.05, 0.1) is 14.2 Å². The highest BCUT2D eigenvalue weighted by Gasteiger charge is 2.27. The average Bonchev–Trinajstić information content (AvgIpc) is 2.54. The molecule has 0 spiro atoms. The quantitative estimate of drug-likeness (QED) is 0.940. The normalized spacial score (nSPS) is 20.3. The summed E-state index contributed by atoms with van der Waals surface area (Å²) in [6, 6.07) is 13.6. The van der Waals surface area contributed by atoms with Gasteiger partial charge in [-0.15, -0.1) is 0 Å². The smallest absolute Gasteiger partial charge is 0.128 e. The summed E-state index contributed by atoms with van der Waals surface area (Å²) in [6.07, 6.45) is 0.705. The monoisotopic (exact) mass is 285 g/mol. The molecule has 2 aromatic rings. The first-order valence-electron chi connectivity index (χ1n) is 6.95. The van der Waals surface area contributed by atoms with Gasteiger partial charge in [0.15, 0.2) is 0 Å². The standard InChI is InChI=1S/C17H19NO3/c1-19-12-5-3-11(4-6-12)16-10-15(18)14-8-7-13(20-2)9-17(14)21-16/h3-9,15-16H,10,18H2,1-2H3/t15-,16?/m1/s1. The molecule has 2 atom stereocenters. The lowest BCUT2D eigenvalue weighted by Crippen LogP contribution is -2.24. The molecule has 3 rings (SSSR count). The van der Waals surface area contributed by atoms with E-state index in [1.165, 1.54) is 0 Å². The van der Waals surface area contributed by atoms with Crippen LogP contribution in [0.15, 0.2) is 42.5 Å². The Morgan fingerprint density at radius 3 is 2.33 bits per heavy atom. The first kappa shape index (κ1) is 13.8. The van der Waals surface area contributed by atoms with Gasteiger partial charge < -0.3 is 19.9 Å². The number of rotatable bonds is 3. The molecule has 4 heteroatoms. The average molecular weight is 285 g/mol. The van der Waals surface area contributed by atoms with Crippen molar-refractivity contribution in [2.24, 2.45) is 5.73 Å². The fourth-order valence-corrected chi connectivity index (χ4v) is 2.63. The summed E-state index contributed by atoms with van der Waals surface area (Å²) in [4.78, 5) is 0. The molecule has 2 N–H and O–H groups in total. The second kappa shape index (κ2) is 5.66. The van der Waals surface area contributed by atoms with Crippen molar-refractivity contribution in [2.75, 3.05) is 14.2 Å². The van der Waals surface area contributed by atoms with Crippen molar-refractivity contribution < 1.29 is 14.2 Å². The molecule has 0 bridgehead atoms. The highest BCUT2D eigenvalue weighted by molar-refractivity contribution is 5.44. The van der Waals surface area contributed by atoms with Crippen molar-refractivity contribution in [2.45, 2.75) is 18.6 Å². The topological polar surface area (TPSA) is 53.7 Å². The van der Waals surface area contributed by atoms with Crippen LogP contribution >= 0.6 is 0 Å². The Bertz CT molecular complexity index is 624. The highest BCUT2D eigenvalue weighted by Crippen LogP contribution is 2.41. The molecule has 0 amide bonds. The van der Waals surface area contributed by atoms with Gasteiger partial charge >= 0.3 is 0 Å². The molecule has 21 heavy (non-hydrogen) atoms. The van der Waals surface area contributed by atoms with E-state index >= 15 is 0 Å². The van der Waals surface area contributed by atoms with Crippen LogP contribution < -0.4 is 19.9 Å². The van der Waals surface area contributed by atoms with Gasteiger partial charge in [-0.2, -0.15) is 0 Å². The zero-order chi connectivity index (χ0) is 14.8. The predicted molar refractivity (Wildman–Crippen MR) is 80.9 cm³/mol. The van der Waals surface area contributed by atoms with Crippen LogP contribution in [0.3, 0.4) is 0 Å². The largest absolute Gasteiger partial charge is 0.497 e. The summed E-state index contributed by atoms with van der Waals surface area (Å²) in [5.41, 5.74) is 8.40. The molecule has 0 fully saturated rings. The molecule has 1 heterocycles. The van der Waals surface area contributed by atoms with Gasteiger partial charge in [0.2, 0.25) is 0 Å². The summed E-state index contributed by atoms with van der Waals surface area (Å²) in [7, 11) is 3.30. The maximum atomic E-state index is 6.28. The minimum absolute atomic E-state index is 0.0354. The number of hydrogen-bond acceptors (Lipinski definition) is 4. The lowest BCUT2D eigenvalue weighted by molar-refractivity contribution is 0.161. The predicted octanol–water partition coefficient (Wildman–Crippen LogP) is 3.23. The third kappa shape index (κ3) is 2.67. The van der Waals surface area contributed by atoms with E-state index in [1.807, 2.05) is 42.5 Å². The van der Waals surface area contributed by atoms with Gasteiger partial charge in [0, 0.05) is 24.1 Å². The van der Waals surface area contributed by atoms with Crippen LogP contribution in [-0.4, -0.2) is 14.2 Å². The van der Waals surface area contributed by atoms with Crippen molar-refractivity contribution in [1.29, 1.82) is 0 Å². The summed E-state index contributed by atoms with van der Waals surface area (Å²) in [5.74, 6) is 2.41. The van der Waals surface area contributed by atoms with E-state index in [4.69, 9.17) is 19.9 Å². The van der Waals surface area contributed by atoms with E-state index in [2.05, 4.69) is 0 Å². The van der Waals surface area contributed by atoms with E-state index < -0.39 is 0 Å². The van der Waals surface area contributed by atoms with Gasteiger partial charge in [0.25, 0.3) is 0 Å². The Morgan fingerprint density at radius 1 is 1.00 bits per heavy atom. The van der Waals surface area contributed by atoms with E-state index in [-0.39, 0.29) is 12.1 Å². The first-order valence-corrected chi connectivity index (χ1v) is 6.95. The molecule has 110 valence electrons. The maximum absolute atomic E-state index is 6.28. The molecule has 0 saturated carbocycles. The molecule has 0 saturated heterocycles. The molecule has 0 aliphatic carbocycles. The summed E-state index contributed by atoms with van der Waals surface area (Å²) in [6.45, 7) is 0. The molecular formula is C17H19NO3. The van der Waals surface area contributed by atoms with E-state index in [0.717, 1.165) is 34.8 Å². The van der Waals surface area contributed by atoms with Crippen LogP contribution in [0.25, 0.3) is 0 Å². The van der Waals surface area contributed by atoms with Crippen molar-refractivity contribution in [1.82, 2.24) is 0 Å². The minimum Gasteiger partial charge on any atom is -0.497 e. The van der Waals surface area contributed by atoms with Crippen LogP contribution in [0, 0.1) is 0 Å². The van der Waals surface area contributed by atoms with Crippen molar-refractivity contribution in [3.05, 3.63) is 53.6 Å². The second-order valence-corrected chi connectivity index (χ2v) is 5.13. The summed E-state index contributed by atoms with van der Waals surface area (Å²) < 4.78 is 16.5. The molecule has 4 nitrogen and oxygen atoms in total. The Hall–Kier alpha value is -2.20. The van der Waals surface area contributed by atoms with Crippen molar-refractivity contribution in [3.63, 3.8) is 0 Å². The summed E-state index contributed by atoms with van der Waals surface area (Å²) in [5, 5.41) is 0. The number of ether oxygens (including phenoxy) is 3. The van der Waals surface area contributed by atoms with Crippen LogP contribution in [0.2, 0.25) is 0 Å². The Balaban J connectivity index is 1.89. The molecule has 0 radical (unpaired) electrons. The molecule has 1 aliphatic rings. The lowest BCUT2D eigenvalue weighted by atomic mass is 9.93. The second-order valence-electron chi connectivity index (χ2n) is 5.13. The van der Waals surface area contributed by atoms with Gasteiger partial charge in [-0.25, -0.2) is 0 Å². The number of hydrogen-bond donors (Lipinski definition) is 1. The molecule has 2 aromatic carbocycles. The number of methoxy groups -OCH3 is 2. The molecule has 1 unspecified atom stereocenters. The van der Waals surface area contributed by atoms with Crippen molar-refractivity contribution >= 4 is 0 Å². The van der Waals surface area contributed by atoms with Gasteiger partial charge in [0.1, 0.15) is 23.4 Å². The zero-order valence-electron chi connectivity index (χ0n) is 12.2. The molecule has 0 aromatic heterocycles. The zero-order valence-corrected chi connectivity index (χ0v) is 12.2. The lowest BCUT2D eigenvalue weighted by Gasteiger charge is -2.30. The SMILES string of the molecule is COc1ccc(C2C[C@@H](N)c3ccc(OC)cc3O2)cc1. The van der Waals surface area contributed by atoms with Crippen LogP contribution in [0.1, 0.15) is 29.7 Å².